The monoisotopic (exact) mass is 298 g/mol. The molecule has 0 saturated heterocycles. The van der Waals surface area contributed by atoms with Gasteiger partial charge in [-0.05, 0) is 32.9 Å². The zero-order valence-electron chi connectivity index (χ0n) is 13.8. The molecule has 0 radical (unpaired) electrons. The van der Waals surface area contributed by atoms with Gasteiger partial charge in [-0.1, -0.05) is 38.2 Å². The molecule has 2 N–H and O–H groups in total. The SMILES string of the molecule is C=CCCC(=O)NCCN(C)CCCCCCCCCO. The third-order valence-corrected chi connectivity index (χ3v) is 3.59. The zero-order valence-corrected chi connectivity index (χ0v) is 13.8. The molecular weight excluding hydrogens is 264 g/mol. The molecule has 21 heavy (non-hydrogen) atoms. The number of nitrogens with one attached hydrogen (secondary N) is 1. The normalized spacial score (nSPS) is 10.8. The molecule has 0 bridgehead atoms. The van der Waals surface area contributed by atoms with E-state index in [4.69, 9.17) is 5.11 Å². The van der Waals surface area contributed by atoms with E-state index in [9.17, 15) is 4.79 Å². The Bertz CT molecular complexity index is 257. The number of allylic oxidation sites excluding steroid dienone is 1. The van der Waals surface area contributed by atoms with Crippen LogP contribution in [0.5, 0.6) is 0 Å². The van der Waals surface area contributed by atoms with Crippen molar-refractivity contribution in [2.24, 2.45) is 0 Å². The summed E-state index contributed by atoms with van der Waals surface area (Å²) in [6, 6.07) is 0. The number of carbonyl (C=O) groups excluding carboxylic acids is 1. The Morgan fingerprint density at radius 2 is 1.71 bits per heavy atom. The smallest absolute Gasteiger partial charge is 0.220 e. The molecule has 0 rings (SSSR count). The summed E-state index contributed by atoms with van der Waals surface area (Å²) in [5, 5.41) is 11.6. The number of nitrogens with zero attached hydrogens (tertiary/aromatic N) is 1. The lowest BCUT2D eigenvalue weighted by atomic mass is 10.1. The summed E-state index contributed by atoms with van der Waals surface area (Å²) in [4.78, 5) is 13.7. The van der Waals surface area contributed by atoms with Crippen molar-refractivity contribution in [3.63, 3.8) is 0 Å². The number of likely N-dealkylation sites (N-methyl/N-ethyl adjacent to an activating group) is 1. The van der Waals surface area contributed by atoms with E-state index in [1.165, 1.54) is 32.1 Å². The molecule has 0 aliphatic carbocycles. The van der Waals surface area contributed by atoms with Gasteiger partial charge < -0.3 is 15.3 Å². The van der Waals surface area contributed by atoms with Crippen LogP contribution in [0.2, 0.25) is 0 Å². The molecule has 4 nitrogen and oxygen atoms in total. The van der Waals surface area contributed by atoms with Crippen molar-refractivity contribution in [1.29, 1.82) is 0 Å². The van der Waals surface area contributed by atoms with Crippen molar-refractivity contribution in [1.82, 2.24) is 10.2 Å². The number of carbonyl (C=O) groups is 1. The first-order valence-electron chi connectivity index (χ1n) is 8.37. The van der Waals surface area contributed by atoms with Crippen LogP contribution in [0, 0.1) is 0 Å². The molecule has 0 saturated carbocycles. The molecule has 0 aliphatic rings. The van der Waals surface area contributed by atoms with Crippen LogP contribution < -0.4 is 5.32 Å². The number of unbranched alkanes of at least 4 members (excludes halogenated alkanes) is 6. The zero-order chi connectivity index (χ0) is 15.8. The maximum absolute atomic E-state index is 11.4. The highest BCUT2D eigenvalue weighted by atomic mass is 16.2. The molecule has 0 aliphatic heterocycles. The summed E-state index contributed by atoms with van der Waals surface area (Å²) in [6.45, 7) is 6.68. The van der Waals surface area contributed by atoms with Crippen LogP contribution in [-0.2, 0) is 4.79 Å². The predicted octanol–water partition coefficient (Wildman–Crippen LogP) is 2.72. The van der Waals surface area contributed by atoms with E-state index in [0.717, 1.165) is 38.9 Å². The summed E-state index contributed by atoms with van der Waals surface area (Å²) < 4.78 is 0. The van der Waals surface area contributed by atoms with Crippen molar-refractivity contribution >= 4 is 5.91 Å². The highest BCUT2D eigenvalue weighted by molar-refractivity contribution is 5.75. The average molecular weight is 298 g/mol. The molecule has 0 aromatic carbocycles. The molecule has 0 heterocycles. The Balaban J connectivity index is 3.28. The third kappa shape index (κ3) is 15.3. The minimum atomic E-state index is 0.117. The van der Waals surface area contributed by atoms with Crippen molar-refractivity contribution in [3.8, 4) is 0 Å². The van der Waals surface area contributed by atoms with Crippen LogP contribution in [0.4, 0.5) is 0 Å². The molecule has 4 heteroatoms. The lowest BCUT2D eigenvalue weighted by molar-refractivity contribution is -0.121. The lowest BCUT2D eigenvalue weighted by Gasteiger charge is -2.16. The summed E-state index contributed by atoms with van der Waals surface area (Å²) in [7, 11) is 2.11. The largest absolute Gasteiger partial charge is 0.396 e. The minimum absolute atomic E-state index is 0.117. The fraction of sp³-hybridized carbons (Fsp3) is 0.824. The van der Waals surface area contributed by atoms with Crippen molar-refractivity contribution in [2.45, 2.75) is 57.8 Å². The summed E-state index contributed by atoms with van der Waals surface area (Å²) in [5.74, 6) is 0.117. The molecule has 0 aromatic heterocycles. The second-order valence-corrected chi connectivity index (χ2v) is 5.68. The highest BCUT2D eigenvalue weighted by Crippen LogP contribution is 2.07. The van der Waals surface area contributed by atoms with E-state index in [0.29, 0.717) is 13.0 Å². The second-order valence-electron chi connectivity index (χ2n) is 5.68. The molecule has 124 valence electrons. The Morgan fingerprint density at radius 1 is 1.10 bits per heavy atom. The topological polar surface area (TPSA) is 52.6 Å². The van der Waals surface area contributed by atoms with E-state index in [1.54, 1.807) is 6.08 Å². The lowest BCUT2D eigenvalue weighted by Crippen LogP contribution is -2.33. The average Bonchev–Trinajstić information content (AvgIpc) is 2.48. The molecule has 0 fully saturated rings. The van der Waals surface area contributed by atoms with Crippen LogP contribution >= 0.6 is 0 Å². The number of rotatable bonds is 15. The first-order valence-corrected chi connectivity index (χ1v) is 8.37. The van der Waals surface area contributed by atoms with Gasteiger partial charge in [0.1, 0.15) is 0 Å². The van der Waals surface area contributed by atoms with Crippen LogP contribution in [0.25, 0.3) is 0 Å². The number of hydrogen-bond donors (Lipinski definition) is 2. The molecule has 0 aromatic rings. The maximum Gasteiger partial charge on any atom is 0.220 e. The van der Waals surface area contributed by atoms with E-state index in [1.807, 2.05) is 0 Å². The van der Waals surface area contributed by atoms with E-state index in [2.05, 4.69) is 23.8 Å². The van der Waals surface area contributed by atoms with E-state index in [-0.39, 0.29) is 5.91 Å². The first-order chi connectivity index (χ1) is 10.2. The van der Waals surface area contributed by atoms with Gasteiger partial charge in [0.2, 0.25) is 5.91 Å². The predicted molar refractivity (Wildman–Crippen MR) is 89.3 cm³/mol. The summed E-state index contributed by atoms with van der Waals surface area (Å²) in [6.07, 6.45) is 11.5. The molecule has 0 unspecified atom stereocenters. The van der Waals surface area contributed by atoms with E-state index >= 15 is 0 Å². The summed E-state index contributed by atoms with van der Waals surface area (Å²) >= 11 is 0. The fourth-order valence-electron chi connectivity index (χ4n) is 2.20. The maximum atomic E-state index is 11.4. The highest BCUT2D eigenvalue weighted by Gasteiger charge is 2.01. The van der Waals surface area contributed by atoms with Gasteiger partial charge in [0.15, 0.2) is 0 Å². The van der Waals surface area contributed by atoms with Crippen molar-refractivity contribution < 1.29 is 9.90 Å². The molecule has 0 atom stereocenters. The van der Waals surface area contributed by atoms with Crippen LogP contribution in [0.3, 0.4) is 0 Å². The van der Waals surface area contributed by atoms with Gasteiger partial charge in [-0.15, -0.1) is 6.58 Å². The van der Waals surface area contributed by atoms with Gasteiger partial charge in [0.25, 0.3) is 0 Å². The van der Waals surface area contributed by atoms with E-state index < -0.39 is 0 Å². The minimum Gasteiger partial charge on any atom is -0.396 e. The number of hydrogen-bond acceptors (Lipinski definition) is 3. The Morgan fingerprint density at radius 3 is 2.33 bits per heavy atom. The number of aliphatic hydroxyl groups excluding tert-OH is 1. The Hall–Kier alpha value is -0.870. The first kappa shape index (κ1) is 20.1. The van der Waals surface area contributed by atoms with Crippen LogP contribution in [0.15, 0.2) is 12.7 Å². The van der Waals surface area contributed by atoms with Gasteiger partial charge in [-0.2, -0.15) is 0 Å². The van der Waals surface area contributed by atoms with Gasteiger partial charge in [-0.3, -0.25) is 4.79 Å². The van der Waals surface area contributed by atoms with Crippen molar-refractivity contribution in [3.05, 3.63) is 12.7 Å². The van der Waals surface area contributed by atoms with Gasteiger partial charge >= 0.3 is 0 Å². The number of aliphatic hydroxyl groups is 1. The van der Waals surface area contributed by atoms with Crippen LogP contribution in [-0.4, -0.2) is 49.2 Å². The standard InChI is InChI=1S/C17H34N2O2/c1-3-4-12-17(21)18-13-15-19(2)14-10-8-6-5-7-9-11-16-20/h3,20H,1,4-16H2,2H3,(H,18,21). The Kier molecular flexibility index (Phi) is 14.9. The third-order valence-electron chi connectivity index (χ3n) is 3.59. The van der Waals surface area contributed by atoms with Gasteiger partial charge in [0.05, 0.1) is 0 Å². The van der Waals surface area contributed by atoms with Gasteiger partial charge in [0, 0.05) is 26.1 Å². The molecular formula is C17H34N2O2. The quantitative estimate of drug-likeness (QED) is 0.361. The summed E-state index contributed by atoms with van der Waals surface area (Å²) in [5.41, 5.74) is 0. The Labute approximate surface area is 130 Å². The molecule has 0 spiro atoms. The van der Waals surface area contributed by atoms with Crippen LogP contribution in [0.1, 0.15) is 57.8 Å². The number of amides is 1. The van der Waals surface area contributed by atoms with Gasteiger partial charge in [-0.25, -0.2) is 0 Å². The fourth-order valence-corrected chi connectivity index (χ4v) is 2.20. The second kappa shape index (κ2) is 15.5. The van der Waals surface area contributed by atoms with Crippen molar-refractivity contribution in [2.75, 3.05) is 33.3 Å². The molecule has 1 amide bonds.